The van der Waals surface area contributed by atoms with E-state index in [4.69, 9.17) is 17.3 Å². The van der Waals surface area contributed by atoms with E-state index in [2.05, 4.69) is 48.3 Å². The molecule has 0 unspecified atom stereocenters. The maximum Gasteiger partial charge on any atom is 0.141 e. The molecular formula is C18H21BrClFN6. The van der Waals surface area contributed by atoms with Gasteiger partial charge in [-0.2, -0.15) is 5.10 Å². The Morgan fingerprint density at radius 2 is 2.30 bits per heavy atom. The summed E-state index contributed by atoms with van der Waals surface area (Å²) >= 11 is 9.11. The summed E-state index contributed by atoms with van der Waals surface area (Å²) < 4.78 is 13.8. The molecular weight excluding hydrogens is 435 g/mol. The van der Waals surface area contributed by atoms with Crippen LogP contribution in [-0.4, -0.2) is 23.0 Å². The van der Waals surface area contributed by atoms with E-state index < -0.39 is 5.82 Å². The number of nitrogens with zero attached hydrogens (tertiary/aromatic N) is 2. The first-order valence-electron chi connectivity index (χ1n) is 8.20. The number of aromatic amines is 1. The van der Waals surface area contributed by atoms with Gasteiger partial charge in [-0.1, -0.05) is 18.2 Å². The van der Waals surface area contributed by atoms with Gasteiger partial charge in [-0.05, 0) is 59.5 Å². The van der Waals surface area contributed by atoms with E-state index in [0.717, 1.165) is 18.5 Å². The monoisotopic (exact) mass is 454 g/mol. The van der Waals surface area contributed by atoms with Crippen LogP contribution in [-0.2, 0) is 6.42 Å². The number of hydrogen-bond acceptors (Lipinski definition) is 5. The number of aromatic nitrogens is 2. The molecule has 0 aliphatic carbocycles. The summed E-state index contributed by atoms with van der Waals surface area (Å²) in [6.07, 6.45) is 5.19. The first kappa shape index (κ1) is 21.0. The zero-order chi connectivity index (χ0) is 19.8. The second-order valence-corrected chi connectivity index (χ2v) is 7.03. The third-order valence-electron chi connectivity index (χ3n) is 3.67. The van der Waals surface area contributed by atoms with E-state index in [1.807, 2.05) is 13.1 Å². The lowest BCUT2D eigenvalue weighted by Gasteiger charge is -2.08. The van der Waals surface area contributed by atoms with Gasteiger partial charge >= 0.3 is 0 Å². The van der Waals surface area contributed by atoms with E-state index >= 15 is 0 Å². The number of halogens is 3. The molecule has 1 heterocycles. The lowest BCUT2D eigenvalue weighted by molar-refractivity contribution is 0.628. The number of rotatable bonds is 9. The van der Waals surface area contributed by atoms with Crippen molar-refractivity contribution in [1.29, 1.82) is 0 Å². The maximum atomic E-state index is 13.2. The van der Waals surface area contributed by atoms with Crippen molar-refractivity contribution in [3.8, 4) is 0 Å². The molecule has 1 aromatic carbocycles. The van der Waals surface area contributed by atoms with E-state index in [9.17, 15) is 4.39 Å². The molecule has 0 saturated carbocycles. The molecule has 9 heteroatoms. The standard InChI is InChI=1S/C18H21BrClFN6/c1-11-13(9-25-27-11)4-3-7-23-18(22)15(19)10-24-12(2)26-14-5-6-17(21)16(20)8-14/h5-6,8-10,23,26H,2-4,7,22H2,1H3,(H,25,27)/b18-15-,24-10-. The number of allylic oxidation sites excluding steroid dienone is 1. The van der Waals surface area contributed by atoms with Crippen molar-refractivity contribution >= 4 is 39.4 Å². The van der Waals surface area contributed by atoms with Crippen molar-refractivity contribution in [3.05, 3.63) is 69.2 Å². The summed E-state index contributed by atoms with van der Waals surface area (Å²) in [5.74, 6) is 0.349. The van der Waals surface area contributed by atoms with Gasteiger partial charge in [-0.25, -0.2) is 9.38 Å². The number of aliphatic imine (C=N–C) groups is 1. The van der Waals surface area contributed by atoms with Crippen LogP contribution in [0.4, 0.5) is 10.1 Å². The molecule has 0 aliphatic rings. The summed E-state index contributed by atoms with van der Waals surface area (Å²) in [7, 11) is 0. The molecule has 144 valence electrons. The van der Waals surface area contributed by atoms with Crippen LogP contribution in [0, 0.1) is 12.7 Å². The lowest BCUT2D eigenvalue weighted by Crippen LogP contribution is -2.23. The largest absolute Gasteiger partial charge is 0.385 e. The molecule has 0 amide bonds. The molecule has 0 fully saturated rings. The predicted molar refractivity (Wildman–Crippen MR) is 112 cm³/mol. The minimum absolute atomic E-state index is 0.0249. The second-order valence-electron chi connectivity index (χ2n) is 5.77. The van der Waals surface area contributed by atoms with Crippen LogP contribution in [0.1, 0.15) is 17.7 Å². The topological polar surface area (TPSA) is 91.1 Å². The van der Waals surface area contributed by atoms with Crippen LogP contribution in [0.2, 0.25) is 5.02 Å². The molecule has 0 radical (unpaired) electrons. The van der Waals surface area contributed by atoms with Crippen molar-refractivity contribution in [2.24, 2.45) is 10.7 Å². The third-order valence-corrected chi connectivity index (χ3v) is 4.59. The van der Waals surface area contributed by atoms with Crippen LogP contribution >= 0.6 is 27.5 Å². The Hall–Kier alpha value is -2.32. The highest BCUT2D eigenvalue weighted by Crippen LogP contribution is 2.20. The Bertz CT molecular complexity index is 861. The maximum absolute atomic E-state index is 13.2. The summed E-state index contributed by atoms with van der Waals surface area (Å²) in [5.41, 5.74) is 8.85. The van der Waals surface area contributed by atoms with Crippen LogP contribution in [0.3, 0.4) is 0 Å². The van der Waals surface area contributed by atoms with E-state index in [0.29, 0.717) is 28.4 Å². The average Bonchev–Trinajstić information content (AvgIpc) is 3.04. The molecule has 2 rings (SSSR count). The van der Waals surface area contributed by atoms with E-state index in [-0.39, 0.29) is 5.02 Å². The molecule has 27 heavy (non-hydrogen) atoms. The number of aryl methyl sites for hydroxylation is 2. The van der Waals surface area contributed by atoms with Gasteiger partial charge in [0.15, 0.2) is 0 Å². The second kappa shape index (κ2) is 10.1. The summed E-state index contributed by atoms with van der Waals surface area (Å²) in [6.45, 7) is 6.50. The molecule has 0 saturated heterocycles. The van der Waals surface area contributed by atoms with Crippen LogP contribution < -0.4 is 16.4 Å². The van der Waals surface area contributed by atoms with Gasteiger partial charge in [0.05, 0.1) is 15.7 Å². The molecule has 0 atom stereocenters. The summed E-state index contributed by atoms with van der Waals surface area (Å²) in [5, 5.41) is 13.0. The van der Waals surface area contributed by atoms with Crippen molar-refractivity contribution in [2.45, 2.75) is 19.8 Å². The number of nitrogens with one attached hydrogen (secondary N) is 3. The zero-order valence-corrected chi connectivity index (χ0v) is 17.2. The van der Waals surface area contributed by atoms with Crippen LogP contribution in [0.5, 0.6) is 0 Å². The molecule has 2 aromatic rings. The number of H-pyrrole nitrogens is 1. The van der Waals surface area contributed by atoms with E-state index in [1.165, 1.54) is 23.9 Å². The summed E-state index contributed by atoms with van der Waals surface area (Å²) in [6, 6.07) is 4.27. The first-order chi connectivity index (χ1) is 12.9. The third kappa shape index (κ3) is 6.73. The Morgan fingerprint density at radius 1 is 1.52 bits per heavy atom. The Morgan fingerprint density at radius 3 is 2.96 bits per heavy atom. The Balaban J connectivity index is 1.80. The SMILES string of the molecule is C=C(/N=C\C(Br)=C(/N)NCCCc1cn[nH]c1C)Nc1ccc(F)c(Cl)c1. The van der Waals surface area contributed by atoms with Crippen LogP contribution in [0.25, 0.3) is 0 Å². The number of hydrogen-bond donors (Lipinski definition) is 4. The van der Waals surface area contributed by atoms with Gasteiger partial charge in [0, 0.05) is 24.1 Å². The van der Waals surface area contributed by atoms with Crippen molar-refractivity contribution in [1.82, 2.24) is 15.5 Å². The van der Waals surface area contributed by atoms with Gasteiger partial charge in [-0.15, -0.1) is 0 Å². The fourth-order valence-corrected chi connectivity index (χ4v) is 2.61. The van der Waals surface area contributed by atoms with Gasteiger partial charge in [0.25, 0.3) is 0 Å². The first-order valence-corrected chi connectivity index (χ1v) is 9.37. The highest BCUT2D eigenvalue weighted by Gasteiger charge is 2.03. The zero-order valence-electron chi connectivity index (χ0n) is 14.8. The van der Waals surface area contributed by atoms with Crippen molar-refractivity contribution < 1.29 is 4.39 Å². The van der Waals surface area contributed by atoms with Gasteiger partial charge in [0.2, 0.25) is 0 Å². The fourth-order valence-electron chi connectivity index (χ4n) is 2.19. The smallest absolute Gasteiger partial charge is 0.141 e. The average molecular weight is 456 g/mol. The normalized spacial score (nSPS) is 12.1. The molecule has 1 aromatic heterocycles. The molecule has 0 aliphatic heterocycles. The van der Waals surface area contributed by atoms with E-state index in [1.54, 1.807) is 6.07 Å². The highest BCUT2D eigenvalue weighted by molar-refractivity contribution is 9.12. The number of benzene rings is 1. The molecule has 0 bridgehead atoms. The predicted octanol–water partition coefficient (Wildman–Crippen LogP) is 4.21. The highest BCUT2D eigenvalue weighted by atomic mass is 79.9. The molecule has 5 N–H and O–H groups in total. The van der Waals surface area contributed by atoms with Crippen molar-refractivity contribution in [3.63, 3.8) is 0 Å². The number of nitrogens with two attached hydrogens (primary N) is 1. The van der Waals surface area contributed by atoms with Gasteiger partial charge in [-0.3, -0.25) is 5.10 Å². The van der Waals surface area contributed by atoms with Gasteiger partial charge in [0.1, 0.15) is 17.5 Å². The Labute approximate surface area is 170 Å². The minimum Gasteiger partial charge on any atom is -0.385 e. The fraction of sp³-hybridized carbons (Fsp3) is 0.222. The molecule has 0 spiro atoms. The summed E-state index contributed by atoms with van der Waals surface area (Å²) in [4.78, 5) is 4.17. The van der Waals surface area contributed by atoms with Crippen LogP contribution in [0.15, 0.2) is 52.1 Å². The quantitative estimate of drug-likeness (QED) is 0.337. The Kier molecular flexibility index (Phi) is 7.87. The minimum atomic E-state index is -0.483. The molecule has 6 nitrogen and oxygen atoms in total. The van der Waals surface area contributed by atoms with Crippen molar-refractivity contribution in [2.75, 3.05) is 11.9 Å². The van der Waals surface area contributed by atoms with Gasteiger partial charge < -0.3 is 16.4 Å². The number of anilines is 1. The lowest BCUT2D eigenvalue weighted by atomic mass is 10.1.